The van der Waals surface area contributed by atoms with E-state index in [1.807, 2.05) is 17.8 Å². The van der Waals surface area contributed by atoms with Gasteiger partial charge in [-0.25, -0.2) is 0 Å². The minimum atomic E-state index is 0.112. The normalized spacial score (nSPS) is 22.2. The van der Waals surface area contributed by atoms with Crippen molar-refractivity contribution < 1.29 is 9.63 Å². The Morgan fingerprint density at radius 3 is 2.79 bits per heavy atom. The van der Waals surface area contributed by atoms with Crippen LogP contribution in [-0.2, 0) is 13.0 Å². The van der Waals surface area contributed by atoms with E-state index in [1.165, 1.54) is 5.56 Å². The highest BCUT2D eigenvalue weighted by molar-refractivity contribution is 7.99. The van der Waals surface area contributed by atoms with Gasteiger partial charge in [-0.3, -0.25) is 4.90 Å². The number of rotatable bonds is 6. The molecule has 2 unspecified atom stereocenters. The molecule has 0 bridgehead atoms. The molecule has 3 rings (SSSR count). The van der Waals surface area contributed by atoms with Gasteiger partial charge in [0.25, 0.3) is 0 Å². The van der Waals surface area contributed by atoms with Crippen molar-refractivity contribution in [1.82, 2.24) is 15.0 Å². The molecule has 1 N–H and O–H groups in total. The van der Waals surface area contributed by atoms with Crippen LogP contribution in [0.3, 0.4) is 0 Å². The molecular weight excluding hydrogens is 322 g/mol. The Bertz CT molecular complexity index is 632. The number of hydrogen-bond acceptors (Lipinski definition) is 6. The fourth-order valence-corrected chi connectivity index (χ4v) is 4.38. The van der Waals surface area contributed by atoms with Crippen LogP contribution in [-0.4, -0.2) is 44.3 Å². The topological polar surface area (TPSA) is 62.4 Å². The molecule has 1 saturated heterocycles. The van der Waals surface area contributed by atoms with Gasteiger partial charge in [0.1, 0.15) is 0 Å². The summed E-state index contributed by atoms with van der Waals surface area (Å²) in [5, 5.41) is 14.0. The summed E-state index contributed by atoms with van der Waals surface area (Å²) in [6.45, 7) is 5.03. The largest absolute Gasteiger partial charge is 0.395 e. The second-order valence-corrected chi connectivity index (χ2v) is 7.75. The molecular formula is C18H25N3O2S. The lowest BCUT2D eigenvalue weighted by atomic mass is 10.0. The van der Waals surface area contributed by atoms with Crippen LogP contribution >= 0.6 is 11.8 Å². The number of hydrogen-bond donors (Lipinski definition) is 1. The quantitative estimate of drug-likeness (QED) is 0.867. The van der Waals surface area contributed by atoms with Crippen molar-refractivity contribution in [3.8, 4) is 0 Å². The lowest BCUT2D eigenvalue weighted by molar-refractivity contribution is 0.0883. The van der Waals surface area contributed by atoms with Gasteiger partial charge in [-0.2, -0.15) is 16.7 Å². The third-order valence-corrected chi connectivity index (χ3v) is 5.44. The number of aromatic nitrogens is 2. The minimum absolute atomic E-state index is 0.112. The Morgan fingerprint density at radius 2 is 2.08 bits per heavy atom. The molecule has 24 heavy (non-hydrogen) atoms. The summed E-state index contributed by atoms with van der Waals surface area (Å²) in [6.07, 6.45) is 0.800. The molecule has 0 radical (unpaired) electrons. The minimum Gasteiger partial charge on any atom is -0.395 e. The highest BCUT2D eigenvalue weighted by Gasteiger charge is 2.32. The van der Waals surface area contributed by atoms with Gasteiger partial charge in [-0.15, -0.1) is 0 Å². The first-order valence-electron chi connectivity index (χ1n) is 8.48. The van der Waals surface area contributed by atoms with E-state index in [4.69, 9.17) is 4.52 Å². The molecule has 1 aliphatic rings. The molecule has 6 heteroatoms. The van der Waals surface area contributed by atoms with Crippen molar-refractivity contribution in [1.29, 1.82) is 0 Å². The predicted molar refractivity (Wildman–Crippen MR) is 95.8 cm³/mol. The van der Waals surface area contributed by atoms with Gasteiger partial charge >= 0.3 is 0 Å². The van der Waals surface area contributed by atoms with E-state index in [0.29, 0.717) is 24.2 Å². The molecule has 2 heterocycles. The molecule has 2 aromatic rings. The second kappa shape index (κ2) is 8.14. The second-order valence-electron chi connectivity index (χ2n) is 6.67. The van der Waals surface area contributed by atoms with E-state index in [1.54, 1.807) is 0 Å². The van der Waals surface area contributed by atoms with Crippen LogP contribution in [0.1, 0.15) is 37.2 Å². The number of thioether (sulfide) groups is 1. The molecule has 5 nitrogen and oxygen atoms in total. The monoisotopic (exact) mass is 347 g/mol. The Morgan fingerprint density at radius 1 is 1.29 bits per heavy atom. The van der Waals surface area contributed by atoms with E-state index in [2.05, 4.69) is 53.2 Å². The Kier molecular flexibility index (Phi) is 5.92. The van der Waals surface area contributed by atoms with E-state index >= 15 is 0 Å². The standard InChI is InChI=1S/C18H25N3O2S/c1-13(2)8-18-19-17(20-23-18)9-21-15(10-22)11-24-12-16(21)14-6-4-3-5-7-14/h3-7,13,15-16,22H,8-12H2,1-2H3. The molecule has 1 aliphatic heterocycles. The van der Waals surface area contributed by atoms with Crippen molar-refractivity contribution in [3.05, 3.63) is 47.6 Å². The number of benzene rings is 1. The predicted octanol–water partition coefficient (Wildman–Crippen LogP) is 2.92. The van der Waals surface area contributed by atoms with Gasteiger partial charge in [0.2, 0.25) is 5.89 Å². The molecule has 1 fully saturated rings. The van der Waals surface area contributed by atoms with Crippen molar-refractivity contribution in [2.24, 2.45) is 5.92 Å². The van der Waals surface area contributed by atoms with Crippen LogP contribution in [0, 0.1) is 5.92 Å². The lowest BCUT2D eigenvalue weighted by Gasteiger charge is -2.40. The number of nitrogens with zero attached hydrogens (tertiary/aromatic N) is 3. The average Bonchev–Trinajstić information content (AvgIpc) is 3.02. The molecule has 0 amide bonds. The molecule has 0 spiro atoms. The Labute approximate surface area is 147 Å². The van der Waals surface area contributed by atoms with Crippen LogP contribution in [0.2, 0.25) is 0 Å². The maximum atomic E-state index is 9.81. The summed E-state index contributed by atoms with van der Waals surface area (Å²) in [4.78, 5) is 6.85. The zero-order valence-corrected chi connectivity index (χ0v) is 15.1. The summed E-state index contributed by atoms with van der Waals surface area (Å²) >= 11 is 1.89. The van der Waals surface area contributed by atoms with E-state index < -0.39 is 0 Å². The maximum Gasteiger partial charge on any atom is 0.226 e. The number of aliphatic hydroxyl groups is 1. The molecule has 0 saturated carbocycles. The summed E-state index contributed by atoms with van der Waals surface area (Å²) in [6, 6.07) is 10.8. The zero-order valence-electron chi connectivity index (χ0n) is 14.3. The first kappa shape index (κ1) is 17.5. The van der Waals surface area contributed by atoms with Crippen LogP contribution < -0.4 is 0 Å². The lowest BCUT2D eigenvalue weighted by Crippen LogP contribution is -2.46. The SMILES string of the molecule is CC(C)Cc1nc(CN2C(CO)CSCC2c2ccccc2)no1. The van der Waals surface area contributed by atoms with Crippen LogP contribution in [0.25, 0.3) is 0 Å². The first-order valence-corrected chi connectivity index (χ1v) is 9.63. The zero-order chi connectivity index (χ0) is 16.9. The van der Waals surface area contributed by atoms with Crippen molar-refractivity contribution in [3.63, 3.8) is 0 Å². The summed E-state index contributed by atoms with van der Waals surface area (Å²) in [5.41, 5.74) is 1.27. The van der Waals surface area contributed by atoms with Crippen molar-refractivity contribution in [2.45, 2.75) is 38.9 Å². The maximum absolute atomic E-state index is 9.81. The summed E-state index contributed by atoms with van der Waals surface area (Å²) < 4.78 is 5.37. The van der Waals surface area contributed by atoms with Gasteiger partial charge < -0.3 is 9.63 Å². The van der Waals surface area contributed by atoms with E-state index in [9.17, 15) is 5.11 Å². The highest BCUT2D eigenvalue weighted by Crippen LogP contribution is 2.33. The van der Waals surface area contributed by atoms with Crippen molar-refractivity contribution >= 4 is 11.8 Å². The fourth-order valence-electron chi connectivity index (χ4n) is 3.07. The third kappa shape index (κ3) is 4.18. The van der Waals surface area contributed by atoms with E-state index in [-0.39, 0.29) is 18.7 Å². The average molecular weight is 347 g/mol. The molecule has 130 valence electrons. The van der Waals surface area contributed by atoms with Gasteiger partial charge in [0, 0.05) is 30.0 Å². The number of aliphatic hydroxyl groups excluding tert-OH is 1. The van der Waals surface area contributed by atoms with Gasteiger partial charge in [-0.05, 0) is 11.5 Å². The summed E-state index contributed by atoms with van der Waals surface area (Å²) in [5.74, 6) is 3.83. The van der Waals surface area contributed by atoms with Gasteiger partial charge in [0.15, 0.2) is 5.82 Å². The smallest absolute Gasteiger partial charge is 0.226 e. The molecule has 1 aromatic carbocycles. The molecule has 0 aliphatic carbocycles. The Hall–Kier alpha value is -1.37. The molecule has 1 aromatic heterocycles. The van der Waals surface area contributed by atoms with Crippen LogP contribution in [0.15, 0.2) is 34.9 Å². The third-order valence-electron chi connectivity index (χ3n) is 4.27. The Balaban J connectivity index is 1.79. The first-order chi connectivity index (χ1) is 11.7. The van der Waals surface area contributed by atoms with Gasteiger partial charge in [0.05, 0.1) is 13.2 Å². The molecule has 2 atom stereocenters. The highest BCUT2D eigenvalue weighted by atomic mass is 32.2. The van der Waals surface area contributed by atoms with Crippen LogP contribution in [0.5, 0.6) is 0 Å². The van der Waals surface area contributed by atoms with Gasteiger partial charge in [-0.1, -0.05) is 49.3 Å². The van der Waals surface area contributed by atoms with Crippen molar-refractivity contribution in [2.75, 3.05) is 18.1 Å². The fraction of sp³-hybridized carbons (Fsp3) is 0.556. The van der Waals surface area contributed by atoms with Crippen LogP contribution in [0.4, 0.5) is 0 Å². The summed E-state index contributed by atoms with van der Waals surface area (Å²) in [7, 11) is 0. The van der Waals surface area contributed by atoms with E-state index in [0.717, 1.165) is 17.9 Å².